The number of nitrogens with one attached hydrogen (secondary N) is 1. The van der Waals surface area contributed by atoms with Crippen LogP contribution in [0.25, 0.3) is 22.2 Å². The van der Waals surface area contributed by atoms with Gasteiger partial charge in [-0.15, -0.1) is 0 Å². The maximum atomic E-state index is 12.6. The molecule has 7 nitrogen and oxygen atoms in total. The standard InChI is InChI=1S/C28H24N2O5/c1-3-34-28(33)21-11-14-24-23(15-21)26(16-25(30-24)20-7-5-4-6-8-20)35-17-27(32)29-22-12-9-19(10-13-22)18(2)31/h4-16H,3,17H2,1-2H3,(H,29,32). The van der Waals surface area contributed by atoms with Gasteiger partial charge >= 0.3 is 5.97 Å². The Balaban J connectivity index is 1.61. The van der Waals surface area contributed by atoms with Gasteiger partial charge in [0.1, 0.15) is 5.75 Å². The van der Waals surface area contributed by atoms with Crippen LogP contribution in [0.2, 0.25) is 0 Å². The molecule has 1 amide bonds. The van der Waals surface area contributed by atoms with Gasteiger partial charge in [0.05, 0.1) is 23.4 Å². The minimum atomic E-state index is -0.445. The smallest absolute Gasteiger partial charge is 0.338 e. The maximum absolute atomic E-state index is 12.6. The van der Waals surface area contributed by atoms with Crippen LogP contribution in [0, 0.1) is 0 Å². The van der Waals surface area contributed by atoms with Gasteiger partial charge in [-0.25, -0.2) is 9.78 Å². The van der Waals surface area contributed by atoms with E-state index in [1.54, 1.807) is 55.5 Å². The molecular formula is C28H24N2O5. The van der Waals surface area contributed by atoms with Crippen molar-refractivity contribution in [3.8, 4) is 17.0 Å². The Hall–Kier alpha value is -4.52. The van der Waals surface area contributed by atoms with Crippen molar-refractivity contribution in [1.82, 2.24) is 4.98 Å². The fraction of sp³-hybridized carbons (Fsp3) is 0.143. The van der Waals surface area contributed by atoms with Crippen molar-refractivity contribution < 1.29 is 23.9 Å². The van der Waals surface area contributed by atoms with Gasteiger partial charge in [0, 0.05) is 28.3 Å². The lowest BCUT2D eigenvalue weighted by Gasteiger charge is -2.13. The zero-order valence-electron chi connectivity index (χ0n) is 19.4. The summed E-state index contributed by atoms with van der Waals surface area (Å²) in [6.07, 6.45) is 0. The molecule has 1 aromatic heterocycles. The number of nitrogens with zero attached hydrogens (tertiary/aromatic N) is 1. The van der Waals surface area contributed by atoms with Gasteiger partial charge in [0.15, 0.2) is 12.4 Å². The zero-order valence-corrected chi connectivity index (χ0v) is 19.4. The monoisotopic (exact) mass is 468 g/mol. The number of amides is 1. The summed E-state index contributed by atoms with van der Waals surface area (Å²) in [5, 5.41) is 3.35. The molecule has 0 saturated heterocycles. The number of rotatable bonds is 8. The summed E-state index contributed by atoms with van der Waals surface area (Å²) in [7, 11) is 0. The Morgan fingerprint density at radius 2 is 1.60 bits per heavy atom. The van der Waals surface area contributed by atoms with Gasteiger partial charge in [0.2, 0.25) is 0 Å². The van der Waals surface area contributed by atoms with Crippen LogP contribution in [0.1, 0.15) is 34.6 Å². The zero-order chi connectivity index (χ0) is 24.8. The van der Waals surface area contributed by atoms with Crippen LogP contribution in [-0.4, -0.2) is 35.9 Å². The Labute approximate surface area is 202 Å². The molecule has 1 N–H and O–H groups in total. The van der Waals surface area contributed by atoms with Crippen molar-refractivity contribution in [1.29, 1.82) is 0 Å². The SMILES string of the molecule is CCOC(=O)c1ccc2nc(-c3ccccc3)cc(OCC(=O)Nc3ccc(C(C)=O)cc3)c2c1. The minimum absolute atomic E-state index is 0.0489. The molecule has 0 aliphatic carbocycles. The van der Waals surface area contributed by atoms with Gasteiger partial charge in [-0.3, -0.25) is 9.59 Å². The minimum Gasteiger partial charge on any atom is -0.483 e. The van der Waals surface area contributed by atoms with Crippen LogP contribution in [0.3, 0.4) is 0 Å². The molecule has 3 aromatic carbocycles. The van der Waals surface area contributed by atoms with Crippen LogP contribution >= 0.6 is 0 Å². The fourth-order valence-corrected chi connectivity index (χ4v) is 3.54. The molecule has 0 fully saturated rings. The molecule has 0 bridgehead atoms. The second-order valence-corrected chi connectivity index (χ2v) is 7.79. The van der Waals surface area contributed by atoms with Crippen molar-refractivity contribution in [3.05, 3.63) is 90.0 Å². The number of ether oxygens (including phenoxy) is 2. The van der Waals surface area contributed by atoms with E-state index in [4.69, 9.17) is 14.5 Å². The third-order valence-electron chi connectivity index (χ3n) is 5.29. The summed E-state index contributed by atoms with van der Waals surface area (Å²) < 4.78 is 11.0. The molecule has 0 unspecified atom stereocenters. The van der Waals surface area contributed by atoms with Gasteiger partial charge in [0.25, 0.3) is 5.91 Å². The average Bonchev–Trinajstić information content (AvgIpc) is 2.87. The molecule has 176 valence electrons. The van der Waals surface area contributed by atoms with Crippen molar-refractivity contribution >= 4 is 34.3 Å². The van der Waals surface area contributed by atoms with Gasteiger partial charge in [-0.1, -0.05) is 30.3 Å². The molecular weight excluding hydrogens is 444 g/mol. The summed E-state index contributed by atoms with van der Waals surface area (Å²) in [6, 6.07) is 23.0. The number of pyridine rings is 1. The van der Waals surface area contributed by atoms with E-state index in [0.29, 0.717) is 39.2 Å². The number of ketones is 1. The van der Waals surface area contributed by atoms with E-state index in [9.17, 15) is 14.4 Å². The molecule has 0 saturated carbocycles. The van der Waals surface area contributed by atoms with Crippen LogP contribution in [0.4, 0.5) is 5.69 Å². The maximum Gasteiger partial charge on any atom is 0.338 e. The lowest BCUT2D eigenvalue weighted by Crippen LogP contribution is -2.20. The van der Waals surface area contributed by atoms with Gasteiger partial charge in [-0.05, 0) is 56.3 Å². The number of hydrogen-bond donors (Lipinski definition) is 1. The second-order valence-electron chi connectivity index (χ2n) is 7.79. The summed E-state index contributed by atoms with van der Waals surface area (Å²) in [5.74, 6) is -0.443. The molecule has 0 atom stereocenters. The Bertz CT molecular complexity index is 1380. The lowest BCUT2D eigenvalue weighted by molar-refractivity contribution is -0.118. The van der Waals surface area contributed by atoms with Crippen molar-refractivity contribution in [2.45, 2.75) is 13.8 Å². The number of anilines is 1. The highest BCUT2D eigenvalue weighted by atomic mass is 16.5. The highest BCUT2D eigenvalue weighted by Crippen LogP contribution is 2.31. The Morgan fingerprint density at radius 3 is 2.29 bits per heavy atom. The largest absolute Gasteiger partial charge is 0.483 e. The van der Waals surface area contributed by atoms with Crippen LogP contribution < -0.4 is 10.1 Å². The highest BCUT2D eigenvalue weighted by molar-refractivity contribution is 5.98. The Morgan fingerprint density at radius 1 is 0.886 bits per heavy atom. The van der Waals surface area contributed by atoms with Crippen molar-refractivity contribution in [2.75, 3.05) is 18.5 Å². The summed E-state index contributed by atoms with van der Waals surface area (Å²) >= 11 is 0. The molecule has 0 aliphatic heterocycles. The first-order valence-corrected chi connectivity index (χ1v) is 11.2. The number of carbonyl (C=O) groups is 3. The van der Waals surface area contributed by atoms with Crippen LogP contribution in [0.15, 0.2) is 78.9 Å². The number of esters is 1. The van der Waals surface area contributed by atoms with E-state index < -0.39 is 5.97 Å². The first-order chi connectivity index (χ1) is 16.9. The molecule has 4 rings (SSSR count). The highest BCUT2D eigenvalue weighted by Gasteiger charge is 2.14. The first-order valence-electron chi connectivity index (χ1n) is 11.2. The van der Waals surface area contributed by atoms with E-state index in [2.05, 4.69) is 5.32 Å². The third-order valence-corrected chi connectivity index (χ3v) is 5.29. The summed E-state index contributed by atoms with van der Waals surface area (Å²) in [6.45, 7) is 3.23. The van der Waals surface area contributed by atoms with E-state index in [-0.39, 0.29) is 24.9 Å². The Kier molecular flexibility index (Phi) is 7.16. The molecule has 0 spiro atoms. The van der Waals surface area contributed by atoms with E-state index in [0.717, 1.165) is 5.56 Å². The van der Waals surface area contributed by atoms with Crippen LogP contribution in [-0.2, 0) is 9.53 Å². The van der Waals surface area contributed by atoms with Crippen molar-refractivity contribution in [3.63, 3.8) is 0 Å². The third kappa shape index (κ3) is 5.70. The first kappa shape index (κ1) is 23.6. The molecule has 0 radical (unpaired) electrons. The number of fused-ring (bicyclic) bond motifs is 1. The van der Waals surface area contributed by atoms with Crippen LogP contribution in [0.5, 0.6) is 5.75 Å². The number of Topliss-reactive ketones (excluding diaryl/α,β-unsaturated/α-hetero) is 1. The lowest BCUT2D eigenvalue weighted by atomic mass is 10.1. The molecule has 1 heterocycles. The summed E-state index contributed by atoms with van der Waals surface area (Å²) in [4.78, 5) is 41.0. The quantitative estimate of drug-likeness (QED) is 0.279. The number of benzene rings is 3. The number of aromatic nitrogens is 1. The number of carbonyl (C=O) groups excluding carboxylic acids is 3. The predicted molar refractivity (Wildman–Crippen MR) is 134 cm³/mol. The second kappa shape index (κ2) is 10.6. The fourth-order valence-electron chi connectivity index (χ4n) is 3.54. The van der Waals surface area contributed by atoms with E-state index in [1.807, 2.05) is 30.3 Å². The summed E-state index contributed by atoms with van der Waals surface area (Å²) in [5.41, 5.74) is 3.68. The number of hydrogen-bond acceptors (Lipinski definition) is 6. The van der Waals surface area contributed by atoms with E-state index in [1.165, 1.54) is 6.92 Å². The van der Waals surface area contributed by atoms with Gasteiger partial charge < -0.3 is 14.8 Å². The molecule has 7 heteroatoms. The van der Waals surface area contributed by atoms with E-state index >= 15 is 0 Å². The predicted octanol–water partition coefficient (Wildman–Crippen LogP) is 5.30. The van der Waals surface area contributed by atoms with Gasteiger partial charge in [-0.2, -0.15) is 0 Å². The van der Waals surface area contributed by atoms with Crippen molar-refractivity contribution in [2.24, 2.45) is 0 Å². The molecule has 4 aromatic rings. The topological polar surface area (TPSA) is 94.6 Å². The molecule has 35 heavy (non-hydrogen) atoms. The normalized spacial score (nSPS) is 10.6. The molecule has 0 aliphatic rings. The average molecular weight is 469 g/mol.